The Labute approximate surface area is 124 Å². The van der Waals surface area contributed by atoms with Crippen molar-refractivity contribution in [1.29, 1.82) is 0 Å². The molecule has 2 N–H and O–H groups in total. The second-order valence-electron chi connectivity index (χ2n) is 7.53. The Balaban J connectivity index is 4.46. The van der Waals surface area contributed by atoms with E-state index in [9.17, 15) is 4.79 Å². The van der Waals surface area contributed by atoms with Crippen LogP contribution in [0.15, 0.2) is 0 Å². The predicted octanol–water partition coefficient (Wildman–Crippen LogP) is 2.93. The molecule has 1 atom stereocenters. The smallest absolute Gasteiger partial charge is 0.122 e. The van der Waals surface area contributed by atoms with E-state index in [0.717, 1.165) is 12.7 Å². The second kappa shape index (κ2) is 7.53. The summed E-state index contributed by atoms with van der Waals surface area (Å²) in [6, 6.07) is 0. The average Bonchev–Trinajstić information content (AvgIpc) is 2.24. The molecule has 0 aliphatic rings. The van der Waals surface area contributed by atoms with Crippen molar-refractivity contribution in [2.75, 3.05) is 13.2 Å². The summed E-state index contributed by atoms with van der Waals surface area (Å²) in [6.07, 6.45) is 2.49. The number of aldehydes is 1. The minimum absolute atomic E-state index is 0.00426. The Morgan fingerprint density at radius 1 is 1.05 bits per heavy atom. The van der Waals surface area contributed by atoms with E-state index in [1.165, 1.54) is 0 Å². The van der Waals surface area contributed by atoms with Crippen LogP contribution in [0.4, 0.5) is 0 Å². The standard InChI is InChI=1S/C16H33NO3/c1-13(11-18)10-15(4,5)20-16(6,7)12-19-14(2,3)8-9-17/h11,13H,8-10,12,17H2,1-7H3. The highest BCUT2D eigenvalue weighted by Gasteiger charge is 2.32. The van der Waals surface area contributed by atoms with Crippen LogP contribution in [0.1, 0.15) is 61.3 Å². The molecule has 0 aromatic rings. The Bertz CT molecular complexity index is 298. The molecule has 4 nitrogen and oxygen atoms in total. The lowest BCUT2D eigenvalue weighted by atomic mass is 9.94. The number of hydrogen-bond donors (Lipinski definition) is 1. The van der Waals surface area contributed by atoms with Gasteiger partial charge in [-0.1, -0.05) is 6.92 Å². The SMILES string of the molecule is CC(C=O)CC(C)(C)OC(C)(C)COC(C)(C)CCN. The fourth-order valence-corrected chi connectivity index (χ4v) is 2.43. The van der Waals surface area contributed by atoms with Crippen molar-refractivity contribution in [3.8, 4) is 0 Å². The number of carbonyl (C=O) groups excluding carboxylic acids is 1. The number of carbonyl (C=O) groups is 1. The quantitative estimate of drug-likeness (QED) is 0.628. The average molecular weight is 287 g/mol. The van der Waals surface area contributed by atoms with Gasteiger partial charge >= 0.3 is 0 Å². The molecule has 20 heavy (non-hydrogen) atoms. The van der Waals surface area contributed by atoms with Crippen LogP contribution in [0.25, 0.3) is 0 Å². The van der Waals surface area contributed by atoms with Crippen molar-refractivity contribution in [2.24, 2.45) is 11.7 Å². The van der Waals surface area contributed by atoms with E-state index >= 15 is 0 Å². The summed E-state index contributed by atoms with van der Waals surface area (Å²) in [5.41, 5.74) is 4.58. The first-order valence-corrected chi connectivity index (χ1v) is 7.42. The van der Waals surface area contributed by atoms with Crippen LogP contribution in [-0.2, 0) is 14.3 Å². The van der Waals surface area contributed by atoms with Gasteiger partial charge < -0.3 is 20.0 Å². The lowest BCUT2D eigenvalue weighted by molar-refractivity contribution is -0.178. The van der Waals surface area contributed by atoms with Crippen LogP contribution >= 0.6 is 0 Å². The first-order chi connectivity index (χ1) is 8.93. The zero-order chi connectivity index (χ0) is 16.0. The van der Waals surface area contributed by atoms with Crippen molar-refractivity contribution in [3.05, 3.63) is 0 Å². The number of nitrogens with two attached hydrogens (primary N) is 1. The van der Waals surface area contributed by atoms with E-state index in [1.54, 1.807) is 0 Å². The highest BCUT2D eigenvalue weighted by molar-refractivity contribution is 5.52. The van der Waals surface area contributed by atoms with E-state index < -0.39 is 5.60 Å². The molecule has 0 aliphatic heterocycles. The number of ether oxygens (including phenoxy) is 2. The largest absolute Gasteiger partial charge is 0.373 e. The molecule has 0 amide bonds. The van der Waals surface area contributed by atoms with Gasteiger partial charge in [0.25, 0.3) is 0 Å². The van der Waals surface area contributed by atoms with E-state index in [1.807, 2.05) is 48.5 Å². The van der Waals surface area contributed by atoms with E-state index in [4.69, 9.17) is 15.2 Å². The topological polar surface area (TPSA) is 61.5 Å². The third-order valence-corrected chi connectivity index (χ3v) is 3.16. The van der Waals surface area contributed by atoms with Gasteiger partial charge in [-0.05, 0) is 60.9 Å². The maximum atomic E-state index is 10.8. The highest BCUT2D eigenvalue weighted by atomic mass is 16.6. The summed E-state index contributed by atoms with van der Waals surface area (Å²) in [4.78, 5) is 10.8. The fraction of sp³-hybridized carbons (Fsp3) is 0.938. The first-order valence-electron chi connectivity index (χ1n) is 7.42. The van der Waals surface area contributed by atoms with Crippen molar-refractivity contribution >= 4 is 6.29 Å². The Hall–Kier alpha value is -0.450. The molecule has 0 spiro atoms. The van der Waals surface area contributed by atoms with Crippen LogP contribution in [0.2, 0.25) is 0 Å². The van der Waals surface area contributed by atoms with E-state index in [-0.39, 0.29) is 17.1 Å². The molecule has 0 fully saturated rings. The summed E-state index contributed by atoms with van der Waals surface area (Å²) in [5.74, 6) is -0.00426. The van der Waals surface area contributed by atoms with Gasteiger partial charge in [-0.3, -0.25) is 0 Å². The molecule has 0 aromatic carbocycles. The maximum absolute atomic E-state index is 10.8. The molecule has 0 aromatic heterocycles. The third-order valence-electron chi connectivity index (χ3n) is 3.16. The number of rotatable bonds is 10. The summed E-state index contributed by atoms with van der Waals surface area (Å²) in [5, 5.41) is 0. The Morgan fingerprint density at radius 2 is 1.60 bits per heavy atom. The second-order valence-corrected chi connectivity index (χ2v) is 7.53. The van der Waals surface area contributed by atoms with Crippen LogP contribution in [0.3, 0.4) is 0 Å². The van der Waals surface area contributed by atoms with Gasteiger partial charge in [-0.2, -0.15) is 0 Å². The molecule has 0 heterocycles. The number of hydrogen-bond acceptors (Lipinski definition) is 4. The highest BCUT2D eigenvalue weighted by Crippen LogP contribution is 2.27. The molecule has 0 saturated carbocycles. The minimum atomic E-state index is -0.405. The van der Waals surface area contributed by atoms with E-state index in [0.29, 0.717) is 19.6 Å². The Kier molecular flexibility index (Phi) is 7.36. The molecule has 1 unspecified atom stereocenters. The Morgan fingerprint density at radius 3 is 2.05 bits per heavy atom. The van der Waals surface area contributed by atoms with Gasteiger partial charge in [-0.15, -0.1) is 0 Å². The zero-order valence-corrected chi connectivity index (χ0v) is 14.3. The first kappa shape index (κ1) is 19.6. The minimum Gasteiger partial charge on any atom is -0.373 e. The van der Waals surface area contributed by atoms with Gasteiger partial charge in [0.1, 0.15) is 6.29 Å². The molecule has 120 valence electrons. The van der Waals surface area contributed by atoms with Crippen LogP contribution in [-0.4, -0.2) is 36.2 Å². The molecular formula is C16H33NO3. The van der Waals surface area contributed by atoms with Crippen molar-refractivity contribution in [3.63, 3.8) is 0 Å². The monoisotopic (exact) mass is 287 g/mol. The van der Waals surface area contributed by atoms with Crippen molar-refractivity contribution < 1.29 is 14.3 Å². The molecular weight excluding hydrogens is 254 g/mol. The van der Waals surface area contributed by atoms with E-state index in [2.05, 4.69) is 0 Å². The maximum Gasteiger partial charge on any atom is 0.122 e. The fourth-order valence-electron chi connectivity index (χ4n) is 2.43. The molecule has 0 rings (SSSR count). The van der Waals surface area contributed by atoms with Crippen LogP contribution in [0.5, 0.6) is 0 Å². The van der Waals surface area contributed by atoms with Gasteiger partial charge in [0.15, 0.2) is 0 Å². The predicted molar refractivity (Wildman–Crippen MR) is 82.8 cm³/mol. The van der Waals surface area contributed by atoms with Crippen LogP contribution in [0, 0.1) is 5.92 Å². The summed E-state index contributed by atoms with van der Waals surface area (Å²) in [6.45, 7) is 15.1. The lowest BCUT2D eigenvalue weighted by Crippen LogP contribution is -2.43. The zero-order valence-electron chi connectivity index (χ0n) is 14.3. The lowest BCUT2D eigenvalue weighted by Gasteiger charge is -2.38. The van der Waals surface area contributed by atoms with Crippen LogP contribution < -0.4 is 5.73 Å². The normalized spacial score (nSPS) is 15.2. The molecule has 0 saturated heterocycles. The van der Waals surface area contributed by atoms with Gasteiger partial charge in [0.2, 0.25) is 0 Å². The third kappa shape index (κ3) is 8.67. The van der Waals surface area contributed by atoms with Gasteiger partial charge in [0, 0.05) is 5.92 Å². The molecule has 0 aliphatic carbocycles. The molecule has 4 heteroatoms. The summed E-state index contributed by atoms with van der Waals surface area (Å²) in [7, 11) is 0. The molecule has 0 bridgehead atoms. The summed E-state index contributed by atoms with van der Waals surface area (Å²) >= 11 is 0. The van der Waals surface area contributed by atoms with Gasteiger partial charge in [0.05, 0.1) is 23.4 Å². The summed E-state index contributed by atoms with van der Waals surface area (Å²) < 4.78 is 12.1. The van der Waals surface area contributed by atoms with Crippen molar-refractivity contribution in [1.82, 2.24) is 0 Å². The molecule has 0 radical (unpaired) electrons. The van der Waals surface area contributed by atoms with Gasteiger partial charge in [-0.25, -0.2) is 0 Å². The van der Waals surface area contributed by atoms with Crippen molar-refractivity contribution in [2.45, 2.75) is 78.1 Å².